The van der Waals surface area contributed by atoms with Gasteiger partial charge in [0, 0.05) is 12.1 Å². The Morgan fingerprint density at radius 3 is 2.79 bits per heavy atom. The van der Waals surface area contributed by atoms with Crippen LogP contribution in [-0.4, -0.2) is 18.5 Å². The predicted molar refractivity (Wildman–Crippen MR) is 48.3 cm³/mol. The maximum Gasteiger partial charge on any atom is 0.163 e. The summed E-state index contributed by atoms with van der Waals surface area (Å²) in [5.74, 6) is -1.69. The van der Waals surface area contributed by atoms with Gasteiger partial charge in [0.15, 0.2) is 11.6 Å². The molecule has 0 spiro atoms. The summed E-state index contributed by atoms with van der Waals surface area (Å²) in [7, 11) is 1.67. The van der Waals surface area contributed by atoms with Crippen molar-refractivity contribution in [2.75, 3.05) is 13.6 Å². The lowest BCUT2D eigenvalue weighted by Crippen LogP contribution is -2.18. The van der Waals surface area contributed by atoms with Crippen molar-refractivity contribution in [2.45, 2.75) is 6.54 Å². The molecule has 0 aromatic heterocycles. The molecule has 0 aliphatic carbocycles. The zero-order chi connectivity index (χ0) is 10.6. The molecule has 1 aromatic rings. The summed E-state index contributed by atoms with van der Waals surface area (Å²) >= 11 is 0. The van der Waals surface area contributed by atoms with Crippen LogP contribution in [0.4, 0.5) is 8.78 Å². The second kappa shape index (κ2) is 4.68. The SMILES string of the molecule is CN(CC#N)Cc1cccc(F)c1F. The minimum atomic E-state index is -0.854. The van der Waals surface area contributed by atoms with E-state index in [1.165, 1.54) is 12.1 Å². The molecule has 0 fully saturated rings. The molecule has 0 heterocycles. The predicted octanol–water partition coefficient (Wildman–Crippen LogP) is 1.92. The number of rotatable bonds is 3. The van der Waals surface area contributed by atoms with E-state index < -0.39 is 11.6 Å². The Kier molecular flexibility index (Phi) is 3.55. The number of halogens is 2. The molecule has 0 saturated carbocycles. The maximum absolute atomic E-state index is 13.1. The van der Waals surface area contributed by atoms with Crippen molar-refractivity contribution < 1.29 is 8.78 Å². The fraction of sp³-hybridized carbons (Fsp3) is 0.300. The Balaban J connectivity index is 2.77. The van der Waals surface area contributed by atoms with E-state index in [1.807, 2.05) is 6.07 Å². The zero-order valence-electron chi connectivity index (χ0n) is 7.80. The highest BCUT2D eigenvalue weighted by Gasteiger charge is 2.08. The quantitative estimate of drug-likeness (QED) is 0.690. The molecule has 0 atom stereocenters. The van der Waals surface area contributed by atoms with Gasteiger partial charge in [0.25, 0.3) is 0 Å². The molecule has 2 nitrogen and oxygen atoms in total. The average Bonchev–Trinajstić information content (AvgIpc) is 2.13. The van der Waals surface area contributed by atoms with Crippen molar-refractivity contribution in [1.29, 1.82) is 5.26 Å². The number of benzene rings is 1. The van der Waals surface area contributed by atoms with Crippen LogP contribution < -0.4 is 0 Å². The van der Waals surface area contributed by atoms with Gasteiger partial charge < -0.3 is 0 Å². The summed E-state index contributed by atoms with van der Waals surface area (Å²) in [4.78, 5) is 1.61. The van der Waals surface area contributed by atoms with Crippen molar-refractivity contribution in [3.63, 3.8) is 0 Å². The number of hydrogen-bond acceptors (Lipinski definition) is 2. The van der Waals surface area contributed by atoms with E-state index in [0.717, 1.165) is 6.07 Å². The lowest BCUT2D eigenvalue weighted by atomic mass is 10.2. The van der Waals surface area contributed by atoms with Crippen LogP contribution >= 0.6 is 0 Å². The first-order chi connectivity index (χ1) is 6.65. The molecule has 0 N–H and O–H groups in total. The number of hydrogen-bond donors (Lipinski definition) is 0. The summed E-state index contributed by atoms with van der Waals surface area (Å²) in [5, 5.41) is 8.38. The van der Waals surface area contributed by atoms with E-state index >= 15 is 0 Å². The summed E-state index contributed by atoms with van der Waals surface area (Å²) in [6.07, 6.45) is 0. The first-order valence-electron chi connectivity index (χ1n) is 4.13. The van der Waals surface area contributed by atoms with Crippen LogP contribution in [0.3, 0.4) is 0 Å². The first-order valence-corrected chi connectivity index (χ1v) is 4.13. The molecular formula is C10H10F2N2. The van der Waals surface area contributed by atoms with Gasteiger partial charge in [0.05, 0.1) is 12.6 Å². The fourth-order valence-corrected chi connectivity index (χ4v) is 1.14. The largest absolute Gasteiger partial charge is 0.289 e. The topological polar surface area (TPSA) is 27.0 Å². The lowest BCUT2D eigenvalue weighted by Gasteiger charge is -2.12. The summed E-state index contributed by atoms with van der Waals surface area (Å²) in [5.41, 5.74) is 0.266. The van der Waals surface area contributed by atoms with Crippen molar-refractivity contribution in [3.05, 3.63) is 35.4 Å². The van der Waals surface area contributed by atoms with Gasteiger partial charge in [-0.15, -0.1) is 0 Å². The maximum atomic E-state index is 13.1. The molecule has 0 saturated heterocycles. The summed E-state index contributed by atoms with van der Waals surface area (Å²) < 4.78 is 25.9. The Bertz CT molecular complexity index is 358. The minimum Gasteiger partial charge on any atom is -0.289 e. The molecular weight excluding hydrogens is 186 g/mol. The van der Waals surface area contributed by atoms with Crippen LogP contribution in [0.1, 0.15) is 5.56 Å². The molecule has 0 aliphatic rings. The Labute approximate surface area is 81.4 Å². The van der Waals surface area contributed by atoms with Gasteiger partial charge in [-0.05, 0) is 13.1 Å². The van der Waals surface area contributed by atoms with Gasteiger partial charge in [-0.1, -0.05) is 12.1 Å². The van der Waals surface area contributed by atoms with Gasteiger partial charge in [0.1, 0.15) is 0 Å². The van der Waals surface area contributed by atoms with Crippen LogP contribution in [0.15, 0.2) is 18.2 Å². The highest BCUT2D eigenvalue weighted by atomic mass is 19.2. The highest BCUT2D eigenvalue weighted by Crippen LogP contribution is 2.12. The van der Waals surface area contributed by atoms with E-state index in [4.69, 9.17) is 5.26 Å². The van der Waals surface area contributed by atoms with Gasteiger partial charge in [-0.2, -0.15) is 5.26 Å². The third-order valence-electron chi connectivity index (χ3n) is 1.81. The fourth-order valence-electron chi connectivity index (χ4n) is 1.14. The zero-order valence-corrected chi connectivity index (χ0v) is 7.80. The van der Waals surface area contributed by atoms with Crippen LogP contribution in [-0.2, 0) is 6.54 Å². The normalized spacial score (nSPS) is 10.2. The third-order valence-corrected chi connectivity index (χ3v) is 1.81. The summed E-state index contributed by atoms with van der Waals surface area (Å²) in [6, 6.07) is 5.96. The van der Waals surface area contributed by atoms with Gasteiger partial charge in [-0.25, -0.2) is 8.78 Å². The van der Waals surface area contributed by atoms with Gasteiger partial charge >= 0.3 is 0 Å². The molecule has 0 bridgehead atoms. The molecule has 0 radical (unpaired) electrons. The molecule has 0 aliphatic heterocycles. The van der Waals surface area contributed by atoms with E-state index in [1.54, 1.807) is 11.9 Å². The summed E-state index contributed by atoms with van der Waals surface area (Å²) in [6.45, 7) is 0.424. The highest BCUT2D eigenvalue weighted by molar-refractivity contribution is 5.18. The van der Waals surface area contributed by atoms with Crippen LogP contribution in [0.2, 0.25) is 0 Å². The second-order valence-corrected chi connectivity index (χ2v) is 3.04. The first kappa shape index (κ1) is 10.6. The Morgan fingerprint density at radius 2 is 2.14 bits per heavy atom. The lowest BCUT2D eigenvalue weighted by molar-refractivity contribution is 0.355. The molecule has 0 unspecified atom stereocenters. The van der Waals surface area contributed by atoms with Gasteiger partial charge in [-0.3, -0.25) is 4.90 Å². The van der Waals surface area contributed by atoms with Crippen molar-refractivity contribution >= 4 is 0 Å². The monoisotopic (exact) mass is 196 g/mol. The average molecular weight is 196 g/mol. The molecule has 1 aromatic carbocycles. The van der Waals surface area contributed by atoms with E-state index in [9.17, 15) is 8.78 Å². The second-order valence-electron chi connectivity index (χ2n) is 3.04. The number of nitrogens with zero attached hydrogens (tertiary/aromatic N) is 2. The molecule has 14 heavy (non-hydrogen) atoms. The third kappa shape index (κ3) is 2.51. The van der Waals surface area contributed by atoms with Crippen LogP contribution in [0.5, 0.6) is 0 Å². The van der Waals surface area contributed by atoms with Crippen LogP contribution in [0, 0.1) is 23.0 Å². The molecule has 74 valence electrons. The van der Waals surface area contributed by atoms with Gasteiger partial charge in [0.2, 0.25) is 0 Å². The van der Waals surface area contributed by atoms with E-state index in [-0.39, 0.29) is 18.7 Å². The standard InChI is InChI=1S/C10H10F2N2/c1-14(6-5-13)7-8-3-2-4-9(11)10(8)12/h2-4H,6-7H2,1H3. The van der Waals surface area contributed by atoms with Crippen molar-refractivity contribution in [3.8, 4) is 6.07 Å². The smallest absolute Gasteiger partial charge is 0.163 e. The Hall–Kier alpha value is -1.47. The van der Waals surface area contributed by atoms with Crippen molar-refractivity contribution in [2.24, 2.45) is 0 Å². The Morgan fingerprint density at radius 1 is 1.43 bits per heavy atom. The van der Waals surface area contributed by atoms with Crippen LogP contribution in [0.25, 0.3) is 0 Å². The molecule has 4 heteroatoms. The number of nitriles is 1. The minimum absolute atomic E-state index is 0.190. The molecule has 0 amide bonds. The van der Waals surface area contributed by atoms with Crippen molar-refractivity contribution in [1.82, 2.24) is 4.90 Å². The van der Waals surface area contributed by atoms with E-state index in [2.05, 4.69) is 0 Å². The molecule has 1 rings (SSSR count). The van der Waals surface area contributed by atoms with E-state index in [0.29, 0.717) is 0 Å².